The lowest BCUT2D eigenvalue weighted by Gasteiger charge is -2.11. The van der Waals surface area contributed by atoms with Gasteiger partial charge in [-0.2, -0.15) is 5.10 Å². The highest BCUT2D eigenvalue weighted by atomic mass is 35.5. The van der Waals surface area contributed by atoms with Gasteiger partial charge in [-0.1, -0.05) is 41.9 Å². The maximum Gasteiger partial charge on any atom is 0.348 e. The van der Waals surface area contributed by atoms with Crippen LogP contribution in [0.1, 0.15) is 11.1 Å². The highest BCUT2D eigenvalue weighted by Gasteiger charge is 2.26. The Morgan fingerprint density at radius 1 is 1.19 bits per heavy atom. The standard InChI is InChI=1S/C19H16ClN3O4/c1-26-18(24)15(19(25)27-10-11-5-3-2-4-6-11)16(21)12-7-13-9-22-23-17(13)14(20)8-12/h2-9H,10,21H2,1H3,(H,22,23). The van der Waals surface area contributed by atoms with Gasteiger partial charge in [-0.05, 0) is 17.7 Å². The number of hydrogen-bond donors (Lipinski definition) is 2. The number of esters is 2. The number of aromatic amines is 1. The molecule has 0 aliphatic rings. The molecule has 3 aromatic rings. The van der Waals surface area contributed by atoms with Crippen molar-refractivity contribution in [2.75, 3.05) is 7.11 Å². The summed E-state index contributed by atoms with van der Waals surface area (Å²) in [6, 6.07) is 12.3. The Morgan fingerprint density at radius 2 is 1.93 bits per heavy atom. The SMILES string of the molecule is COC(=O)C(C(=O)OCc1ccccc1)=C(N)c1cc(Cl)c2[nH]ncc2c1. The monoisotopic (exact) mass is 385 g/mol. The summed E-state index contributed by atoms with van der Waals surface area (Å²) in [7, 11) is 1.16. The third-order valence-corrected chi connectivity index (χ3v) is 4.19. The molecule has 0 radical (unpaired) electrons. The lowest BCUT2D eigenvalue weighted by molar-refractivity contribution is -0.146. The summed E-state index contributed by atoms with van der Waals surface area (Å²) >= 11 is 6.20. The van der Waals surface area contributed by atoms with Gasteiger partial charge in [0.05, 0.1) is 29.5 Å². The van der Waals surface area contributed by atoms with Crippen LogP contribution in [0.5, 0.6) is 0 Å². The maximum absolute atomic E-state index is 12.5. The van der Waals surface area contributed by atoms with Gasteiger partial charge in [0.2, 0.25) is 0 Å². The first-order chi connectivity index (χ1) is 13.0. The van der Waals surface area contributed by atoms with Crippen molar-refractivity contribution in [3.05, 3.63) is 70.4 Å². The van der Waals surface area contributed by atoms with Crippen LogP contribution >= 0.6 is 11.6 Å². The van der Waals surface area contributed by atoms with E-state index in [2.05, 4.69) is 10.2 Å². The molecule has 3 N–H and O–H groups in total. The summed E-state index contributed by atoms with van der Waals surface area (Å²) in [5.74, 6) is -1.78. The van der Waals surface area contributed by atoms with Gasteiger partial charge in [0, 0.05) is 10.9 Å². The largest absolute Gasteiger partial charge is 0.465 e. The molecule has 0 bridgehead atoms. The molecular formula is C19H16ClN3O4. The summed E-state index contributed by atoms with van der Waals surface area (Å²) in [6.45, 7) is -0.00499. The molecule has 0 aliphatic heterocycles. The predicted octanol–water partition coefficient (Wildman–Crippen LogP) is 2.80. The second-order valence-electron chi connectivity index (χ2n) is 5.63. The molecule has 27 heavy (non-hydrogen) atoms. The van der Waals surface area contributed by atoms with Crippen LogP contribution in [0.4, 0.5) is 0 Å². The fraction of sp³-hybridized carbons (Fsp3) is 0.105. The molecule has 0 atom stereocenters. The predicted molar refractivity (Wildman–Crippen MR) is 100 cm³/mol. The number of H-pyrrole nitrogens is 1. The van der Waals surface area contributed by atoms with E-state index < -0.39 is 17.5 Å². The van der Waals surface area contributed by atoms with Crippen LogP contribution in [-0.2, 0) is 25.7 Å². The van der Waals surface area contributed by atoms with Crippen molar-refractivity contribution in [2.45, 2.75) is 6.61 Å². The number of ether oxygens (including phenoxy) is 2. The second kappa shape index (κ2) is 7.92. The smallest absolute Gasteiger partial charge is 0.348 e. The lowest BCUT2D eigenvalue weighted by Crippen LogP contribution is -2.21. The number of benzene rings is 2. The van der Waals surface area contributed by atoms with Crippen molar-refractivity contribution in [2.24, 2.45) is 5.73 Å². The number of halogens is 1. The zero-order chi connectivity index (χ0) is 19.4. The molecule has 0 amide bonds. The highest BCUT2D eigenvalue weighted by Crippen LogP contribution is 2.27. The van der Waals surface area contributed by atoms with Crippen LogP contribution in [0.25, 0.3) is 16.6 Å². The molecule has 1 aromatic heterocycles. The van der Waals surface area contributed by atoms with Crippen molar-refractivity contribution in [3.8, 4) is 0 Å². The van der Waals surface area contributed by atoms with Gasteiger partial charge in [0.1, 0.15) is 6.61 Å². The highest BCUT2D eigenvalue weighted by molar-refractivity contribution is 6.35. The van der Waals surface area contributed by atoms with Gasteiger partial charge >= 0.3 is 11.9 Å². The molecule has 0 saturated carbocycles. The van der Waals surface area contributed by atoms with E-state index in [0.29, 0.717) is 21.5 Å². The van der Waals surface area contributed by atoms with Gasteiger partial charge in [0.15, 0.2) is 5.57 Å². The Kier molecular flexibility index (Phi) is 5.42. The number of nitrogens with one attached hydrogen (secondary N) is 1. The molecular weight excluding hydrogens is 370 g/mol. The number of carbonyl (C=O) groups excluding carboxylic acids is 2. The Balaban J connectivity index is 1.96. The van der Waals surface area contributed by atoms with Crippen molar-refractivity contribution < 1.29 is 19.1 Å². The van der Waals surface area contributed by atoms with Gasteiger partial charge in [-0.15, -0.1) is 0 Å². The van der Waals surface area contributed by atoms with Gasteiger partial charge < -0.3 is 15.2 Å². The van der Waals surface area contributed by atoms with Crippen molar-refractivity contribution in [3.63, 3.8) is 0 Å². The number of nitrogens with two attached hydrogens (primary N) is 1. The third kappa shape index (κ3) is 3.93. The molecule has 1 heterocycles. The summed E-state index contributed by atoms with van der Waals surface area (Å²) in [6.07, 6.45) is 1.56. The molecule has 0 aliphatic carbocycles. The minimum atomic E-state index is -0.894. The van der Waals surface area contributed by atoms with Crippen LogP contribution in [-0.4, -0.2) is 29.2 Å². The first-order valence-corrected chi connectivity index (χ1v) is 8.31. The van der Waals surface area contributed by atoms with Crippen LogP contribution < -0.4 is 5.73 Å². The Bertz CT molecular complexity index is 1030. The Morgan fingerprint density at radius 3 is 2.63 bits per heavy atom. The molecule has 0 spiro atoms. The van der Waals surface area contributed by atoms with Crippen LogP contribution in [0.2, 0.25) is 5.02 Å². The lowest BCUT2D eigenvalue weighted by atomic mass is 10.0. The van der Waals surface area contributed by atoms with Crippen LogP contribution in [0.15, 0.2) is 54.2 Å². The van der Waals surface area contributed by atoms with Gasteiger partial charge in [-0.25, -0.2) is 9.59 Å². The number of fused-ring (bicyclic) bond motifs is 1. The number of rotatable bonds is 5. The Hall–Kier alpha value is -3.32. The molecule has 0 fully saturated rings. The number of hydrogen-bond acceptors (Lipinski definition) is 6. The van der Waals surface area contributed by atoms with E-state index in [-0.39, 0.29) is 12.3 Å². The average molecular weight is 386 g/mol. The second-order valence-corrected chi connectivity index (χ2v) is 6.04. The molecule has 0 saturated heterocycles. The summed E-state index contributed by atoms with van der Waals surface area (Å²) in [5, 5.41) is 7.70. The van der Waals surface area contributed by atoms with Crippen LogP contribution in [0, 0.1) is 0 Å². The molecule has 7 nitrogen and oxygen atoms in total. The topological polar surface area (TPSA) is 107 Å². The summed E-state index contributed by atoms with van der Waals surface area (Å²) in [5.41, 5.74) is 7.39. The number of aromatic nitrogens is 2. The normalized spacial score (nSPS) is 11.8. The molecule has 3 rings (SSSR count). The fourth-order valence-corrected chi connectivity index (χ4v) is 2.78. The van der Waals surface area contributed by atoms with Crippen molar-refractivity contribution in [1.82, 2.24) is 10.2 Å². The van der Waals surface area contributed by atoms with E-state index >= 15 is 0 Å². The maximum atomic E-state index is 12.5. The zero-order valence-corrected chi connectivity index (χ0v) is 15.1. The zero-order valence-electron chi connectivity index (χ0n) is 14.4. The minimum Gasteiger partial charge on any atom is -0.465 e. The van der Waals surface area contributed by atoms with E-state index in [1.807, 2.05) is 18.2 Å². The first kappa shape index (κ1) is 18.5. The fourth-order valence-electron chi connectivity index (χ4n) is 2.51. The van der Waals surface area contributed by atoms with E-state index in [9.17, 15) is 9.59 Å². The quantitative estimate of drug-likeness (QED) is 0.302. The average Bonchev–Trinajstić information content (AvgIpc) is 3.16. The van der Waals surface area contributed by atoms with E-state index in [1.54, 1.807) is 24.4 Å². The summed E-state index contributed by atoms with van der Waals surface area (Å²) in [4.78, 5) is 24.7. The number of methoxy groups -OCH3 is 1. The minimum absolute atomic E-state index is 0.00499. The summed E-state index contributed by atoms with van der Waals surface area (Å²) < 4.78 is 9.93. The van der Waals surface area contributed by atoms with Crippen molar-refractivity contribution in [1.29, 1.82) is 0 Å². The molecule has 2 aromatic carbocycles. The van der Waals surface area contributed by atoms with E-state index in [0.717, 1.165) is 12.7 Å². The number of nitrogens with zero attached hydrogens (tertiary/aromatic N) is 1. The van der Waals surface area contributed by atoms with Crippen LogP contribution in [0.3, 0.4) is 0 Å². The third-order valence-electron chi connectivity index (χ3n) is 3.89. The Labute approximate surface area is 159 Å². The first-order valence-electron chi connectivity index (χ1n) is 7.93. The van der Waals surface area contributed by atoms with Gasteiger partial charge in [-0.3, -0.25) is 5.10 Å². The van der Waals surface area contributed by atoms with E-state index in [1.165, 1.54) is 6.07 Å². The molecule has 0 unspecified atom stereocenters. The van der Waals surface area contributed by atoms with Crippen molar-refractivity contribution >= 4 is 40.1 Å². The number of carbonyl (C=O) groups is 2. The molecule has 8 heteroatoms. The van der Waals surface area contributed by atoms with Gasteiger partial charge in [0.25, 0.3) is 0 Å². The van der Waals surface area contributed by atoms with E-state index in [4.69, 9.17) is 26.8 Å². The molecule has 138 valence electrons.